The van der Waals surface area contributed by atoms with Gasteiger partial charge in [0.2, 0.25) is 0 Å². The molecule has 0 amide bonds. The summed E-state index contributed by atoms with van der Waals surface area (Å²) in [5.74, 6) is 3.35. The lowest BCUT2D eigenvalue weighted by molar-refractivity contribution is 0.373. The van der Waals surface area contributed by atoms with Gasteiger partial charge in [0.15, 0.2) is 11.5 Å². The molecule has 2 aromatic carbocycles. The Morgan fingerprint density at radius 3 is 2.04 bits per heavy atom. The van der Waals surface area contributed by atoms with E-state index in [0.29, 0.717) is 23.0 Å². The summed E-state index contributed by atoms with van der Waals surface area (Å²) in [6, 6.07) is 9.01. The number of phenolic OH excluding ortho intramolecular Hbond substituents is 1. The molecule has 1 N–H and O–H groups in total. The first-order valence-electron chi connectivity index (χ1n) is 7.57. The van der Waals surface area contributed by atoms with Gasteiger partial charge in [-0.1, -0.05) is 6.07 Å². The Morgan fingerprint density at radius 1 is 0.880 bits per heavy atom. The Labute approximate surface area is 152 Å². The zero-order valence-corrected chi connectivity index (χ0v) is 15.6. The number of hydrogen-bond donors (Lipinski definition) is 1. The van der Waals surface area contributed by atoms with Gasteiger partial charge in [-0.25, -0.2) is 0 Å². The maximum Gasteiger partial charge on any atom is 0.160 e. The molecule has 134 valence electrons. The molecule has 5 nitrogen and oxygen atoms in total. The highest BCUT2D eigenvalue weighted by atomic mass is 32.2. The predicted octanol–water partition coefficient (Wildman–Crippen LogP) is 4.33. The number of ether oxygens (including phenoxy) is 4. The van der Waals surface area contributed by atoms with Gasteiger partial charge in [0.25, 0.3) is 0 Å². The fourth-order valence-corrected chi connectivity index (χ4v) is 2.98. The van der Waals surface area contributed by atoms with Gasteiger partial charge in [0, 0.05) is 17.9 Å². The summed E-state index contributed by atoms with van der Waals surface area (Å²) in [5.41, 5.74) is 1.84. The highest BCUT2D eigenvalue weighted by Gasteiger charge is 2.10. The molecule has 0 aromatic heterocycles. The van der Waals surface area contributed by atoms with Crippen LogP contribution in [0.5, 0.6) is 28.7 Å². The van der Waals surface area contributed by atoms with Gasteiger partial charge >= 0.3 is 0 Å². The van der Waals surface area contributed by atoms with E-state index in [-0.39, 0.29) is 5.75 Å². The van der Waals surface area contributed by atoms with E-state index in [4.69, 9.17) is 18.9 Å². The van der Waals surface area contributed by atoms with Crippen molar-refractivity contribution in [3.63, 3.8) is 0 Å². The van der Waals surface area contributed by atoms with Crippen molar-refractivity contribution >= 4 is 17.8 Å². The lowest BCUT2D eigenvalue weighted by Crippen LogP contribution is -1.94. The third kappa shape index (κ3) is 4.76. The molecule has 0 unspecified atom stereocenters. The molecule has 0 aliphatic rings. The summed E-state index contributed by atoms with van der Waals surface area (Å²) in [5, 5.41) is 11.8. The van der Waals surface area contributed by atoms with Gasteiger partial charge in [0.05, 0.1) is 34.0 Å². The quantitative estimate of drug-likeness (QED) is 0.754. The van der Waals surface area contributed by atoms with Crippen LogP contribution in [0.4, 0.5) is 0 Å². The third-order valence-electron chi connectivity index (χ3n) is 3.58. The molecule has 0 saturated heterocycles. The van der Waals surface area contributed by atoms with Crippen LogP contribution in [0.25, 0.3) is 6.08 Å². The van der Waals surface area contributed by atoms with Crippen molar-refractivity contribution in [1.29, 1.82) is 0 Å². The Morgan fingerprint density at radius 2 is 1.52 bits per heavy atom. The average molecular weight is 362 g/mol. The van der Waals surface area contributed by atoms with Crippen molar-refractivity contribution in [2.45, 2.75) is 5.75 Å². The minimum Gasteiger partial charge on any atom is -0.504 e. The number of benzene rings is 2. The summed E-state index contributed by atoms with van der Waals surface area (Å²) in [7, 11) is 6.35. The van der Waals surface area contributed by atoms with Crippen LogP contribution < -0.4 is 18.9 Å². The third-order valence-corrected chi connectivity index (χ3v) is 4.41. The average Bonchev–Trinajstić information content (AvgIpc) is 2.64. The van der Waals surface area contributed by atoms with Crippen LogP contribution in [-0.2, 0) is 5.75 Å². The first-order chi connectivity index (χ1) is 12.1. The molecule has 0 aliphatic carbocycles. The molecular weight excluding hydrogens is 340 g/mol. The van der Waals surface area contributed by atoms with E-state index >= 15 is 0 Å². The second-order valence-electron chi connectivity index (χ2n) is 5.07. The first kappa shape index (κ1) is 18.9. The largest absolute Gasteiger partial charge is 0.504 e. The van der Waals surface area contributed by atoms with Crippen molar-refractivity contribution in [3.05, 3.63) is 46.9 Å². The number of rotatable bonds is 8. The van der Waals surface area contributed by atoms with E-state index in [0.717, 1.165) is 16.9 Å². The van der Waals surface area contributed by atoms with Crippen molar-refractivity contribution in [1.82, 2.24) is 0 Å². The zero-order valence-electron chi connectivity index (χ0n) is 14.7. The minimum atomic E-state index is 0.142. The molecule has 0 heterocycles. The summed E-state index contributed by atoms with van der Waals surface area (Å²) in [4.78, 5) is 0. The van der Waals surface area contributed by atoms with Gasteiger partial charge in [-0.15, -0.1) is 11.8 Å². The molecule has 0 bridgehead atoms. The van der Waals surface area contributed by atoms with Crippen LogP contribution in [0, 0.1) is 0 Å². The van der Waals surface area contributed by atoms with Crippen molar-refractivity contribution in [2.75, 3.05) is 28.4 Å². The molecule has 2 rings (SSSR count). The monoisotopic (exact) mass is 362 g/mol. The fourth-order valence-electron chi connectivity index (χ4n) is 2.28. The number of thioether (sulfide) groups is 1. The van der Waals surface area contributed by atoms with Gasteiger partial charge in [-0.3, -0.25) is 0 Å². The maximum atomic E-state index is 9.81. The summed E-state index contributed by atoms with van der Waals surface area (Å²) in [6.45, 7) is 0. The smallest absolute Gasteiger partial charge is 0.160 e. The first-order valence-corrected chi connectivity index (χ1v) is 8.61. The Kier molecular flexibility index (Phi) is 6.89. The van der Waals surface area contributed by atoms with E-state index in [2.05, 4.69) is 0 Å². The Bertz CT molecular complexity index is 718. The van der Waals surface area contributed by atoms with Crippen molar-refractivity contribution in [2.24, 2.45) is 0 Å². The molecule has 6 heteroatoms. The molecule has 0 fully saturated rings. The van der Waals surface area contributed by atoms with Crippen molar-refractivity contribution in [3.8, 4) is 28.7 Å². The van der Waals surface area contributed by atoms with Crippen LogP contribution in [0.2, 0.25) is 0 Å². The molecule has 25 heavy (non-hydrogen) atoms. The number of hydrogen-bond acceptors (Lipinski definition) is 6. The second kappa shape index (κ2) is 9.13. The SMILES string of the molecule is COc1cc(OC)c(C=CSCc2ccc(OC)c(O)c2)c(OC)c1. The number of phenols is 1. The van der Waals surface area contributed by atoms with Crippen LogP contribution in [0.1, 0.15) is 11.1 Å². The highest BCUT2D eigenvalue weighted by molar-refractivity contribution is 8.01. The summed E-state index contributed by atoms with van der Waals surface area (Å²) < 4.78 is 21.1. The lowest BCUT2D eigenvalue weighted by Gasteiger charge is -2.12. The van der Waals surface area contributed by atoms with E-state index < -0.39 is 0 Å². The topological polar surface area (TPSA) is 57.2 Å². The normalized spacial score (nSPS) is 10.7. The van der Waals surface area contributed by atoms with Gasteiger partial charge in [0.1, 0.15) is 17.2 Å². The summed E-state index contributed by atoms with van der Waals surface area (Å²) >= 11 is 1.60. The van der Waals surface area contributed by atoms with E-state index in [1.807, 2.05) is 29.7 Å². The van der Waals surface area contributed by atoms with Crippen LogP contribution in [-0.4, -0.2) is 33.5 Å². The molecule has 0 radical (unpaired) electrons. The van der Waals surface area contributed by atoms with Gasteiger partial charge in [-0.05, 0) is 29.2 Å². The van der Waals surface area contributed by atoms with E-state index in [1.54, 1.807) is 45.2 Å². The zero-order chi connectivity index (χ0) is 18.2. The second-order valence-corrected chi connectivity index (χ2v) is 5.96. The van der Waals surface area contributed by atoms with Crippen molar-refractivity contribution < 1.29 is 24.1 Å². The predicted molar refractivity (Wildman–Crippen MR) is 101 cm³/mol. The van der Waals surface area contributed by atoms with E-state index in [1.165, 1.54) is 7.11 Å². The molecular formula is C19H22O5S. The summed E-state index contributed by atoms with van der Waals surface area (Å²) in [6.07, 6.45) is 1.94. The molecule has 0 saturated carbocycles. The van der Waals surface area contributed by atoms with E-state index in [9.17, 15) is 5.11 Å². The molecule has 0 aliphatic heterocycles. The van der Waals surface area contributed by atoms with Crippen LogP contribution >= 0.6 is 11.8 Å². The minimum absolute atomic E-state index is 0.142. The van der Waals surface area contributed by atoms with Gasteiger partial charge < -0.3 is 24.1 Å². The fraction of sp³-hybridized carbons (Fsp3) is 0.263. The molecule has 0 atom stereocenters. The molecule has 2 aromatic rings. The molecule has 0 spiro atoms. The highest BCUT2D eigenvalue weighted by Crippen LogP contribution is 2.36. The maximum absolute atomic E-state index is 9.81. The van der Waals surface area contributed by atoms with Crippen LogP contribution in [0.3, 0.4) is 0 Å². The standard InChI is InChI=1S/C19H22O5S/c1-21-14-10-18(23-3)15(19(11-14)24-4)7-8-25-12-13-5-6-17(22-2)16(20)9-13/h5-11,20H,12H2,1-4H3. The Balaban J connectivity index is 2.10. The van der Waals surface area contributed by atoms with Gasteiger partial charge in [-0.2, -0.15) is 0 Å². The Hall–Kier alpha value is -2.47. The number of methoxy groups -OCH3 is 4. The number of aromatic hydroxyl groups is 1. The lowest BCUT2D eigenvalue weighted by atomic mass is 10.1. The van der Waals surface area contributed by atoms with Crippen LogP contribution in [0.15, 0.2) is 35.7 Å².